The predicted octanol–water partition coefficient (Wildman–Crippen LogP) is 4.89. The average molecular weight is 620 g/mol. The number of amides is 1. The van der Waals surface area contributed by atoms with Crippen LogP contribution in [0.1, 0.15) is 33.5 Å². The fourth-order valence-corrected chi connectivity index (χ4v) is 4.73. The number of morpholine rings is 1. The number of carbonyl (C=O) groups is 2. The molecule has 4 rings (SSSR count). The number of primary amides is 1. The molecule has 6 nitrogen and oxygen atoms in total. The maximum Gasteiger partial charge on any atom is 0.252 e. The van der Waals surface area contributed by atoms with Gasteiger partial charge >= 0.3 is 0 Å². The lowest BCUT2D eigenvalue weighted by molar-refractivity contribution is -0.119. The van der Waals surface area contributed by atoms with Gasteiger partial charge in [-0.2, -0.15) is 0 Å². The molecular weight excluding hydrogens is 593 g/mol. The molecule has 1 heterocycles. The van der Waals surface area contributed by atoms with Gasteiger partial charge in [0, 0.05) is 48.5 Å². The molecule has 3 aromatic rings. The number of ketones is 1. The van der Waals surface area contributed by atoms with E-state index < -0.39 is 17.5 Å². The van der Waals surface area contributed by atoms with Crippen molar-refractivity contribution in [3.63, 3.8) is 0 Å². The summed E-state index contributed by atoms with van der Waals surface area (Å²) < 4.78 is 40.9. The van der Waals surface area contributed by atoms with E-state index in [9.17, 15) is 18.4 Å². The van der Waals surface area contributed by atoms with Crippen LogP contribution in [0.2, 0.25) is 0 Å². The lowest BCUT2D eigenvalue weighted by atomic mass is 9.98. The van der Waals surface area contributed by atoms with E-state index in [0.717, 1.165) is 34.4 Å². The SMILES string of the molecule is NC(=O)c1c(Cc2ccc(I)cc2F)cc(F)cc1Oc1cccc(CC(=O)CCN2CCOCC2)c1. The lowest BCUT2D eigenvalue weighted by Crippen LogP contribution is -2.37. The highest BCUT2D eigenvalue weighted by atomic mass is 127. The maximum absolute atomic E-state index is 14.5. The minimum absolute atomic E-state index is 0.0219. The second-order valence-corrected chi connectivity index (χ2v) is 10.1. The number of carbonyl (C=O) groups excluding carboxylic acids is 2. The van der Waals surface area contributed by atoms with E-state index in [4.69, 9.17) is 15.2 Å². The molecule has 0 aliphatic carbocycles. The molecule has 3 aromatic carbocycles. The van der Waals surface area contributed by atoms with E-state index >= 15 is 0 Å². The van der Waals surface area contributed by atoms with Crippen LogP contribution >= 0.6 is 22.6 Å². The molecule has 1 aliphatic rings. The van der Waals surface area contributed by atoms with E-state index in [2.05, 4.69) is 4.90 Å². The summed E-state index contributed by atoms with van der Waals surface area (Å²) in [5, 5.41) is 0. The van der Waals surface area contributed by atoms with E-state index in [1.54, 1.807) is 30.3 Å². The molecule has 0 saturated carbocycles. The Hall–Kier alpha value is -2.89. The Balaban J connectivity index is 1.50. The first-order chi connectivity index (χ1) is 17.8. The molecule has 194 valence electrons. The molecule has 37 heavy (non-hydrogen) atoms. The Morgan fingerprint density at radius 2 is 1.81 bits per heavy atom. The fraction of sp³-hybridized carbons (Fsp3) is 0.286. The topological polar surface area (TPSA) is 81.9 Å². The van der Waals surface area contributed by atoms with Crippen LogP contribution in [0.25, 0.3) is 0 Å². The van der Waals surface area contributed by atoms with Crippen LogP contribution in [0.3, 0.4) is 0 Å². The van der Waals surface area contributed by atoms with Gasteiger partial charge in [0.1, 0.15) is 28.9 Å². The zero-order valence-corrected chi connectivity index (χ0v) is 22.3. The van der Waals surface area contributed by atoms with Crippen molar-refractivity contribution in [2.24, 2.45) is 5.73 Å². The number of hydrogen-bond donors (Lipinski definition) is 1. The molecule has 9 heteroatoms. The van der Waals surface area contributed by atoms with Gasteiger partial charge in [-0.15, -0.1) is 0 Å². The highest BCUT2D eigenvalue weighted by Gasteiger charge is 2.20. The minimum atomic E-state index is -0.814. The van der Waals surface area contributed by atoms with Crippen molar-refractivity contribution in [2.75, 3.05) is 32.8 Å². The zero-order valence-electron chi connectivity index (χ0n) is 20.1. The molecule has 0 unspecified atom stereocenters. The lowest BCUT2D eigenvalue weighted by Gasteiger charge is -2.26. The first-order valence-electron chi connectivity index (χ1n) is 11.9. The van der Waals surface area contributed by atoms with Crippen molar-refractivity contribution in [3.8, 4) is 11.5 Å². The van der Waals surface area contributed by atoms with Crippen molar-refractivity contribution in [2.45, 2.75) is 19.3 Å². The standard InChI is InChI=1S/C28H27F2IN2O4/c29-21-15-20(14-19-4-5-22(31)17-25(19)30)27(28(32)35)26(16-21)37-24-3-1-2-18(13-24)12-23(34)6-7-33-8-10-36-11-9-33/h1-5,13,15-17H,6-12,14H2,(H2,32,35). The van der Waals surface area contributed by atoms with Crippen molar-refractivity contribution < 1.29 is 27.8 Å². The van der Waals surface area contributed by atoms with Crippen LogP contribution in [0.15, 0.2) is 54.6 Å². The van der Waals surface area contributed by atoms with Crippen LogP contribution in [0.4, 0.5) is 8.78 Å². The van der Waals surface area contributed by atoms with Crippen LogP contribution in [0, 0.1) is 15.2 Å². The van der Waals surface area contributed by atoms with E-state index in [0.29, 0.717) is 37.5 Å². The summed E-state index contributed by atoms with van der Waals surface area (Å²) in [5.41, 5.74) is 6.87. The van der Waals surface area contributed by atoms with Crippen molar-refractivity contribution in [3.05, 3.63) is 92.1 Å². The Bertz CT molecular complexity index is 1300. The highest BCUT2D eigenvalue weighted by Crippen LogP contribution is 2.31. The number of halogens is 3. The summed E-state index contributed by atoms with van der Waals surface area (Å²) in [4.78, 5) is 27.1. The molecule has 1 saturated heterocycles. The van der Waals surface area contributed by atoms with Crippen molar-refractivity contribution >= 4 is 34.3 Å². The van der Waals surface area contributed by atoms with Gasteiger partial charge in [0.05, 0.1) is 18.8 Å². The normalized spacial score (nSPS) is 13.9. The molecule has 0 spiro atoms. The molecule has 1 aliphatic heterocycles. The molecule has 0 radical (unpaired) electrons. The van der Waals surface area contributed by atoms with E-state index in [-0.39, 0.29) is 35.5 Å². The summed E-state index contributed by atoms with van der Waals surface area (Å²) in [7, 11) is 0. The smallest absolute Gasteiger partial charge is 0.252 e. The number of nitrogens with zero attached hydrogens (tertiary/aromatic N) is 1. The largest absolute Gasteiger partial charge is 0.456 e. The molecule has 2 N–H and O–H groups in total. The molecular formula is C28H27F2IN2O4. The summed E-state index contributed by atoms with van der Waals surface area (Å²) in [5.74, 6) is -1.56. The van der Waals surface area contributed by atoms with Gasteiger partial charge in [-0.25, -0.2) is 8.78 Å². The highest BCUT2D eigenvalue weighted by molar-refractivity contribution is 14.1. The first kappa shape index (κ1) is 27.2. The molecule has 0 aromatic heterocycles. The predicted molar refractivity (Wildman–Crippen MR) is 144 cm³/mol. The van der Waals surface area contributed by atoms with Crippen molar-refractivity contribution in [1.82, 2.24) is 4.90 Å². The summed E-state index contributed by atoms with van der Waals surface area (Å²) in [6.45, 7) is 3.70. The van der Waals surface area contributed by atoms with E-state index in [1.165, 1.54) is 6.07 Å². The van der Waals surface area contributed by atoms with Gasteiger partial charge in [0.15, 0.2) is 0 Å². The Labute approximate surface area is 227 Å². The van der Waals surface area contributed by atoms with Gasteiger partial charge in [0.2, 0.25) is 0 Å². The fourth-order valence-electron chi connectivity index (χ4n) is 4.28. The van der Waals surface area contributed by atoms with Crippen LogP contribution in [-0.2, 0) is 22.4 Å². The van der Waals surface area contributed by atoms with Gasteiger partial charge in [0.25, 0.3) is 5.91 Å². The molecule has 0 bridgehead atoms. The molecule has 0 atom stereocenters. The van der Waals surface area contributed by atoms with Crippen LogP contribution < -0.4 is 10.5 Å². The van der Waals surface area contributed by atoms with Gasteiger partial charge < -0.3 is 15.2 Å². The Kier molecular flexibility index (Phi) is 9.23. The Morgan fingerprint density at radius 3 is 2.54 bits per heavy atom. The second-order valence-electron chi connectivity index (χ2n) is 8.88. The Morgan fingerprint density at radius 1 is 1.03 bits per heavy atom. The number of nitrogens with two attached hydrogens (primary N) is 1. The maximum atomic E-state index is 14.5. The summed E-state index contributed by atoms with van der Waals surface area (Å²) >= 11 is 2.00. The zero-order chi connectivity index (χ0) is 26.4. The van der Waals surface area contributed by atoms with Gasteiger partial charge in [-0.05, 0) is 69.6 Å². The van der Waals surface area contributed by atoms with Crippen LogP contribution in [-0.4, -0.2) is 49.4 Å². The van der Waals surface area contributed by atoms with Gasteiger partial charge in [-0.3, -0.25) is 14.5 Å². The van der Waals surface area contributed by atoms with Gasteiger partial charge in [-0.1, -0.05) is 18.2 Å². The molecule has 1 amide bonds. The quantitative estimate of drug-likeness (QED) is 0.327. The number of benzene rings is 3. The number of Topliss-reactive ketones (excluding diaryl/α,β-unsaturated/α-hetero) is 1. The third kappa shape index (κ3) is 7.56. The van der Waals surface area contributed by atoms with E-state index in [1.807, 2.05) is 28.7 Å². The third-order valence-electron chi connectivity index (χ3n) is 6.13. The number of rotatable bonds is 10. The van der Waals surface area contributed by atoms with Crippen LogP contribution in [0.5, 0.6) is 11.5 Å². The average Bonchev–Trinajstić information content (AvgIpc) is 2.85. The van der Waals surface area contributed by atoms with Crippen molar-refractivity contribution in [1.29, 1.82) is 0 Å². The second kappa shape index (κ2) is 12.6. The monoisotopic (exact) mass is 620 g/mol. The minimum Gasteiger partial charge on any atom is -0.456 e. The first-order valence-corrected chi connectivity index (χ1v) is 13.0. The molecule has 1 fully saturated rings. The number of hydrogen-bond acceptors (Lipinski definition) is 5. The number of ether oxygens (including phenoxy) is 2. The summed E-state index contributed by atoms with van der Waals surface area (Å²) in [6.07, 6.45) is 0.622. The third-order valence-corrected chi connectivity index (χ3v) is 6.80. The summed E-state index contributed by atoms with van der Waals surface area (Å²) in [6, 6.07) is 13.8.